The minimum absolute atomic E-state index is 0.0140. The second kappa shape index (κ2) is 12.2. The number of ether oxygens (including phenoxy) is 1. The molecule has 190 valence electrons. The summed E-state index contributed by atoms with van der Waals surface area (Å²) in [5, 5.41) is 15.6. The molecular weight excluding hydrogens is 446 g/mol. The number of benzene rings is 2. The van der Waals surface area contributed by atoms with Gasteiger partial charge in [0.15, 0.2) is 0 Å². The van der Waals surface area contributed by atoms with Crippen molar-refractivity contribution in [3.8, 4) is 5.75 Å². The molecular formula is C27H37N3O5. The third-order valence-electron chi connectivity index (χ3n) is 5.45. The van der Waals surface area contributed by atoms with Crippen molar-refractivity contribution in [2.24, 2.45) is 0 Å². The largest absolute Gasteiger partial charge is 0.508 e. The van der Waals surface area contributed by atoms with Crippen LogP contribution in [-0.4, -0.2) is 45.6 Å². The van der Waals surface area contributed by atoms with Crippen molar-refractivity contribution < 1.29 is 24.2 Å². The number of hydrogen-bond acceptors (Lipinski definition) is 5. The number of aromatic hydroxyl groups is 1. The summed E-state index contributed by atoms with van der Waals surface area (Å²) in [5.74, 6) is -0.842. The minimum Gasteiger partial charge on any atom is -0.508 e. The first-order chi connectivity index (χ1) is 16.4. The highest BCUT2D eigenvalue weighted by Gasteiger charge is 2.37. The molecule has 0 radical (unpaired) electrons. The summed E-state index contributed by atoms with van der Waals surface area (Å²) in [5.41, 5.74) is 0.663. The van der Waals surface area contributed by atoms with Gasteiger partial charge in [0.05, 0.1) is 0 Å². The van der Waals surface area contributed by atoms with E-state index in [0.29, 0.717) is 12.0 Å². The van der Waals surface area contributed by atoms with Crippen molar-refractivity contribution in [3.05, 3.63) is 65.7 Å². The fourth-order valence-corrected chi connectivity index (χ4v) is 3.58. The first-order valence-electron chi connectivity index (χ1n) is 11.8. The van der Waals surface area contributed by atoms with Crippen molar-refractivity contribution in [3.63, 3.8) is 0 Å². The molecule has 0 spiro atoms. The van der Waals surface area contributed by atoms with Crippen LogP contribution < -0.4 is 10.6 Å². The molecule has 0 aliphatic carbocycles. The predicted octanol–water partition coefficient (Wildman–Crippen LogP) is 4.29. The van der Waals surface area contributed by atoms with E-state index in [1.54, 1.807) is 39.8 Å². The van der Waals surface area contributed by atoms with E-state index in [-0.39, 0.29) is 18.3 Å². The summed E-state index contributed by atoms with van der Waals surface area (Å²) < 4.78 is 5.29. The molecule has 2 rings (SSSR count). The molecule has 3 atom stereocenters. The van der Waals surface area contributed by atoms with Gasteiger partial charge in [-0.1, -0.05) is 49.4 Å². The molecule has 0 aromatic heterocycles. The molecule has 0 saturated heterocycles. The Balaban J connectivity index is 2.38. The zero-order valence-electron chi connectivity index (χ0n) is 21.4. The average Bonchev–Trinajstić information content (AvgIpc) is 2.79. The summed E-state index contributed by atoms with van der Waals surface area (Å²) in [4.78, 5) is 40.9. The molecule has 3 N–H and O–H groups in total. The van der Waals surface area contributed by atoms with E-state index < -0.39 is 35.6 Å². The van der Waals surface area contributed by atoms with Crippen LogP contribution in [0.4, 0.5) is 4.79 Å². The van der Waals surface area contributed by atoms with Crippen LogP contribution in [0.25, 0.3) is 0 Å². The van der Waals surface area contributed by atoms with E-state index in [0.717, 1.165) is 5.56 Å². The van der Waals surface area contributed by atoms with Gasteiger partial charge in [-0.15, -0.1) is 0 Å². The molecule has 0 fully saturated rings. The van der Waals surface area contributed by atoms with E-state index in [9.17, 15) is 19.5 Å². The molecule has 8 nitrogen and oxygen atoms in total. The quantitative estimate of drug-likeness (QED) is 0.493. The molecule has 35 heavy (non-hydrogen) atoms. The van der Waals surface area contributed by atoms with Crippen molar-refractivity contribution in [1.29, 1.82) is 0 Å². The predicted molar refractivity (Wildman–Crippen MR) is 135 cm³/mol. The number of hydrogen-bond donors (Lipinski definition) is 3. The Morgan fingerprint density at radius 1 is 1.03 bits per heavy atom. The Morgan fingerprint density at radius 3 is 2.26 bits per heavy atom. The summed E-state index contributed by atoms with van der Waals surface area (Å²) in [6.45, 7) is 10.8. The monoisotopic (exact) mass is 483 g/mol. The van der Waals surface area contributed by atoms with Crippen LogP contribution >= 0.6 is 0 Å². The summed E-state index contributed by atoms with van der Waals surface area (Å²) in [6, 6.07) is 13.5. The van der Waals surface area contributed by atoms with Gasteiger partial charge in [-0.25, -0.2) is 4.79 Å². The Morgan fingerprint density at radius 2 is 1.69 bits per heavy atom. The van der Waals surface area contributed by atoms with E-state index in [4.69, 9.17) is 4.74 Å². The van der Waals surface area contributed by atoms with Crippen LogP contribution in [0.2, 0.25) is 0 Å². The van der Waals surface area contributed by atoms with Gasteiger partial charge in [-0.05, 0) is 64.3 Å². The SMILES string of the molecule is CCC(C)N(C(=O)C(C)NC(=O)OC(C)(C)C)C(C(=O)NCc1ccccc1)c1cccc(O)c1. The highest BCUT2D eigenvalue weighted by atomic mass is 16.6. The van der Waals surface area contributed by atoms with Gasteiger partial charge in [-0.3, -0.25) is 9.59 Å². The van der Waals surface area contributed by atoms with E-state index >= 15 is 0 Å². The lowest BCUT2D eigenvalue weighted by Gasteiger charge is -2.37. The number of rotatable bonds is 9. The zero-order chi connectivity index (χ0) is 26.2. The normalized spacial score (nSPS) is 13.8. The molecule has 0 heterocycles. The Kier molecular flexibility index (Phi) is 9.68. The van der Waals surface area contributed by atoms with E-state index in [1.165, 1.54) is 17.0 Å². The van der Waals surface area contributed by atoms with Gasteiger partial charge in [0.1, 0.15) is 23.4 Å². The number of amides is 3. The average molecular weight is 484 g/mol. The maximum absolute atomic E-state index is 13.6. The Bertz CT molecular complexity index is 1000. The molecule has 2 aromatic rings. The Labute approximate surface area is 207 Å². The van der Waals surface area contributed by atoms with Crippen molar-refractivity contribution >= 4 is 17.9 Å². The van der Waals surface area contributed by atoms with Gasteiger partial charge in [0.25, 0.3) is 0 Å². The highest BCUT2D eigenvalue weighted by Crippen LogP contribution is 2.28. The van der Waals surface area contributed by atoms with Gasteiger partial charge >= 0.3 is 6.09 Å². The molecule has 0 saturated carbocycles. The topological polar surface area (TPSA) is 108 Å². The van der Waals surface area contributed by atoms with Gasteiger partial charge in [0, 0.05) is 12.6 Å². The molecule has 8 heteroatoms. The molecule has 3 amide bonds. The van der Waals surface area contributed by atoms with Crippen molar-refractivity contribution in [1.82, 2.24) is 15.5 Å². The van der Waals surface area contributed by atoms with Gasteiger partial charge < -0.3 is 25.4 Å². The maximum atomic E-state index is 13.6. The lowest BCUT2D eigenvalue weighted by atomic mass is 9.99. The number of carbonyl (C=O) groups is 3. The third kappa shape index (κ3) is 8.31. The summed E-state index contributed by atoms with van der Waals surface area (Å²) >= 11 is 0. The first kappa shape index (κ1) is 27.7. The highest BCUT2D eigenvalue weighted by molar-refractivity contribution is 5.92. The molecule has 3 unspecified atom stereocenters. The standard InChI is InChI=1S/C27H37N3O5/c1-7-18(2)30(25(33)19(3)29-26(34)35-27(4,5)6)23(21-14-11-15-22(31)16-21)24(32)28-17-20-12-9-8-10-13-20/h8-16,18-19,23,31H,7,17H2,1-6H3,(H,28,32)(H,29,34). The zero-order valence-corrected chi connectivity index (χ0v) is 21.4. The number of carbonyl (C=O) groups excluding carboxylic acids is 3. The van der Waals surface area contributed by atoms with Crippen LogP contribution in [0.15, 0.2) is 54.6 Å². The minimum atomic E-state index is -1.02. The first-order valence-corrected chi connectivity index (χ1v) is 11.8. The second-order valence-electron chi connectivity index (χ2n) is 9.57. The summed E-state index contributed by atoms with van der Waals surface area (Å²) in [7, 11) is 0. The molecule has 0 aliphatic heterocycles. The number of nitrogens with one attached hydrogen (secondary N) is 2. The van der Waals surface area contributed by atoms with Gasteiger partial charge in [0.2, 0.25) is 11.8 Å². The molecule has 0 aliphatic rings. The number of phenols is 1. The maximum Gasteiger partial charge on any atom is 0.408 e. The van der Waals surface area contributed by atoms with Crippen molar-refractivity contribution in [2.45, 2.75) is 78.2 Å². The van der Waals surface area contributed by atoms with Crippen LogP contribution in [0, 0.1) is 0 Å². The van der Waals surface area contributed by atoms with Crippen LogP contribution in [0.5, 0.6) is 5.75 Å². The van der Waals surface area contributed by atoms with Crippen LogP contribution in [0.3, 0.4) is 0 Å². The number of nitrogens with zero attached hydrogens (tertiary/aromatic N) is 1. The van der Waals surface area contributed by atoms with Crippen molar-refractivity contribution in [2.75, 3.05) is 0 Å². The molecule has 2 aromatic carbocycles. The van der Waals surface area contributed by atoms with Crippen LogP contribution in [0.1, 0.15) is 65.1 Å². The molecule has 0 bridgehead atoms. The summed E-state index contributed by atoms with van der Waals surface area (Å²) in [6.07, 6.45) is -0.142. The van der Waals surface area contributed by atoms with Crippen LogP contribution in [-0.2, 0) is 20.9 Å². The van der Waals surface area contributed by atoms with E-state index in [1.807, 2.05) is 44.2 Å². The second-order valence-corrected chi connectivity index (χ2v) is 9.57. The lowest BCUT2D eigenvalue weighted by Crippen LogP contribution is -2.54. The fourth-order valence-electron chi connectivity index (χ4n) is 3.58. The fraction of sp³-hybridized carbons (Fsp3) is 0.444. The lowest BCUT2D eigenvalue weighted by molar-refractivity contribution is -0.144. The van der Waals surface area contributed by atoms with E-state index in [2.05, 4.69) is 10.6 Å². The third-order valence-corrected chi connectivity index (χ3v) is 5.45. The number of phenolic OH excluding ortho intramolecular Hbond substituents is 1. The number of alkyl carbamates (subject to hydrolysis) is 1. The van der Waals surface area contributed by atoms with Gasteiger partial charge in [-0.2, -0.15) is 0 Å². The smallest absolute Gasteiger partial charge is 0.408 e. The Hall–Kier alpha value is -3.55.